The Balaban J connectivity index is 1.53. The number of aromatic hydroxyl groups is 1. The molecule has 12 heteroatoms. The molecule has 0 aliphatic heterocycles. The van der Waals surface area contributed by atoms with E-state index >= 15 is 0 Å². The topological polar surface area (TPSA) is 110 Å². The van der Waals surface area contributed by atoms with Crippen molar-refractivity contribution in [2.45, 2.75) is 12.9 Å². The summed E-state index contributed by atoms with van der Waals surface area (Å²) in [7, 11) is 0. The van der Waals surface area contributed by atoms with Crippen LogP contribution in [-0.2, 0) is 6.54 Å². The summed E-state index contributed by atoms with van der Waals surface area (Å²) in [5.74, 6) is -1.25. The van der Waals surface area contributed by atoms with Gasteiger partial charge in [0.1, 0.15) is 5.75 Å². The van der Waals surface area contributed by atoms with Crippen LogP contribution in [-0.4, -0.2) is 31.5 Å². The number of nitrogens with zero attached hydrogens (tertiary/aromatic N) is 3. The fourth-order valence-electron chi connectivity index (χ4n) is 3.27. The number of pyridine rings is 1. The number of hydrogen-bond donors (Lipinski definition) is 3. The molecule has 4 rings (SSSR count). The van der Waals surface area contributed by atoms with Crippen molar-refractivity contribution in [2.24, 2.45) is 0 Å². The molecule has 2 heterocycles. The first-order chi connectivity index (χ1) is 16.7. The van der Waals surface area contributed by atoms with Crippen LogP contribution < -0.4 is 21.3 Å². The Morgan fingerprint density at radius 2 is 1.77 bits per heavy atom. The number of halogens is 3. The summed E-state index contributed by atoms with van der Waals surface area (Å²) in [5.41, 5.74) is 6.27. The third-order valence-electron chi connectivity index (χ3n) is 4.86. The standard InChI is InChI=1S/C23H18F3N5O4/c24-23(25,26)35-18-8-6-17(7-9-18)31-20(32)14-30(22(31)34)13-16-10-11-27-12-19(16)28-29-21(33)15-4-2-1-3-5-15/h1-12,14,28,32H,13H2,(H,29,33). The average Bonchev–Trinajstić information content (AvgIpc) is 3.11. The van der Waals surface area contributed by atoms with Crippen LogP contribution in [0.1, 0.15) is 15.9 Å². The van der Waals surface area contributed by atoms with E-state index in [4.69, 9.17) is 0 Å². The summed E-state index contributed by atoms with van der Waals surface area (Å²) in [6, 6.07) is 14.7. The van der Waals surface area contributed by atoms with Crippen molar-refractivity contribution in [3.05, 3.63) is 101 Å². The van der Waals surface area contributed by atoms with Gasteiger partial charge in [0, 0.05) is 17.3 Å². The fraction of sp³-hybridized carbons (Fsp3) is 0.0870. The van der Waals surface area contributed by atoms with Crippen LogP contribution in [0, 0.1) is 0 Å². The minimum atomic E-state index is -4.85. The van der Waals surface area contributed by atoms with Gasteiger partial charge in [0.25, 0.3) is 5.91 Å². The van der Waals surface area contributed by atoms with Crippen molar-refractivity contribution in [1.29, 1.82) is 0 Å². The van der Waals surface area contributed by atoms with Gasteiger partial charge in [0.2, 0.25) is 5.88 Å². The number of carbonyl (C=O) groups excluding carboxylic acids is 1. The van der Waals surface area contributed by atoms with E-state index in [9.17, 15) is 27.9 Å². The van der Waals surface area contributed by atoms with Gasteiger partial charge in [0.05, 0.1) is 30.3 Å². The molecule has 0 fully saturated rings. The number of nitrogens with one attached hydrogen (secondary N) is 2. The average molecular weight is 485 g/mol. The number of benzene rings is 2. The van der Waals surface area contributed by atoms with Gasteiger partial charge in [-0.15, -0.1) is 13.2 Å². The molecule has 0 spiro atoms. The first kappa shape index (κ1) is 23.4. The Morgan fingerprint density at radius 1 is 1.06 bits per heavy atom. The summed E-state index contributed by atoms with van der Waals surface area (Å²) in [6.07, 6.45) is -0.696. The highest BCUT2D eigenvalue weighted by Crippen LogP contribution is 2.25. The lowest BCUT2D eigenvalue weighted by Crippen LogP contribution is -2.30. The number of carbonyl (C=O) groups is 1. The molecule has 2 aromatic heterocycles. The van der Waals surface area contributed by atoms with Crippen molar-refractivity contribution in [1.82, 2.24) is 19.5 Å². The van der Waals surface area contributed by atoms with Crippen molar-refractivity contribution in [3.8, 4) is 17.3 Å². The number of rotatable bonds is 7. The van der Waals surface area contributed by atoms with Crippen molar-refractivity contribution >= 4 is 11.6 Å². The van der Waals surface area contributed by atoms with Gasteiger partial charge in [-0.25, -0.2) is 9.36 Å². The molecule has 0 saturated heterocycles. The number of aromatic nitrogens is 3. The van der Waals surface area contributed by atoms with E-state index in [0.29, 0.717) is 16.8 Å². The Kier molecular flexibility index (Phi) is 6.44. The SMILES string of the molecule is O=C(NNc1cnccc1Cn1cc(O)n(-c2ccc(OC(F)(F)F)cc2)c1=O)c1ccccc1. The van der Waals surface area contributed by atoms with Crippen LogP contribution in [0.4, 0.5) is 18.9 Å². The predicted molar refractivity (Wildman–Crippen MR) is 119 cm³/mol. The van der Waals surface area contributed by atoms with E-state index in [0.717, 1.165) is 16.7 Å². The third kappa shape index (κ3) is 5.61. The monoisotopic (exact) mass is 485 g/mol. The van der Waals surface area contributed by atoms with Gasteiger partial charge in [0.15, 0.2) is 0 Å². The first-order valence-corrected chi connectivity index (χ1v) is 10.1. The molecule has 0 atom stereocenters. The van der Waals surface area contributed by atoms with E-state index in [1.165, 1.54) is 35.3 Å². The molecule has 180 valence electrons. The third-order valence-corrected chi connectivity index (χ3v) is 4.86. The maximum atomic E-state index is 12.9. The molecule has 1 amide bonds. The molecular weight excluding hydrogens is 467 g/mol. The van der Waals surface area contributed by atoms with Crippen LogP contribution >= 0.6 is 0 Å². The zero-order valence-corrected chi connectivity index (χ0v) is 17.9. The summed E-state index contributed by atoms with van der Waals surface area (Å²) in [5, 5.41) is 10.3. The number of hydrazine groups is 1. The van der Waals surface area contributed by atoms with Gasteiger partial charge in [-0.2, -0.15) is 0 Å². The Bertz CT molecular complexity index is 1380. The van der Waals surface area contributed by atoms with E-state index in [-0.39, 0.29) is 18.1 Å². The number of ether oxygens (including phenoxy) is 1. The molecule has 3 N–H and O–H groups in total. The molecule has 0 unspecified atom stereocenters. The summed E-state index contributed by atoms with van der Waals surface area (Å²) < 4.78 is 43.1. The summed E-state index contributed by atoms with van der Waals surface area (Å²) in [6.45, 7) is 0.000717. The van der Waals surface area contributed by atoms with Crippen LogP contribution in [0.15, 0.2) is 84.0 Å². The van der Waals surface area contributed by atoms with Crippen molar-refractivity contribution in [2.75, 3.05) is 5.43 Å². The lowest BCUT2D eigenvalue weighted by atomic mass is 10.2. The molecule has 4 aromatic rings. The van der Waals surface area contributed by atoms with E-state index in [1.807, 2.05) is 0 Å². The highest BCUT2D eigenvalue weighted by atomic mass is 19.4. The maximum Gasteiger partial charge on any atom is 0.573 e. The molecule has 0 aliphatic carbocycles. The van der Waals surface area contributed by atoms with Crippen LogP contribution in [0.5, 0.6) is 11.6 Å². The predicted octanol–water partition coefficient (Wildman–Crippen LogP) is 3.44. The van der Waals surface area contributed by atoms with Crippen LogP contribution in [0.3, 0.4) is 0 Å². The van der Waals surface area contributed by atoms with Gasteiger partial charge in [-0.1, -0.05) is 18.2 Å². The molecule has 0 saturated carbocycles. The Morgan fingerprint density at radius 3 is 2.46 bits per heavy atom. The van der Waals surface area contributed by atoms with Gasteiger partial charge < -0.3 is 9.84 Å². The van der Waals surface area contributed by atoms with Gasteiger partial charge in [-0.3, -0.25) is 25.2 Å². The largest absolute Gasteiger partial charge is 0.573 e. The summed E-state index contributed by atoms with van der Waals surface area (Å²) in [4.78, 5) is 29.2. The number of alkyl halides is 3. The van der Waals surface area contributed by atoms with Crippen molar-refractivity contribution in [3.63, 3.8) is 0 Å². The number of amides is 1. The second-order valence-electron chi connectivity index (χ2n) is 7.25. The zero-order valence-electron chi connectivity index (χ0n) is 17.9. The molecule has 0 aliphatic rings. The van der Waals surface area contributed by atoms with Crippen molar-refractivity contribution < 1.29 is 27.8 Å². The lowest BCUT2D eigenvalue weighted by molar-refractivity contribution is -0.274. The molecule has 9 nitrogen and oxygen atoms in total. The molecule has 2 aromatic carbocycles. The molecule has 0 radical (unpaired) electrons. The van der Waals surface area contributed by atoms with E-state index in [1.54, 1.807) is 36.4 Å². The number of hydrogen-bond acceptors (Lipinski definition) is 6. The Hall–Kier alpha value is -4.74. The van der Waals surface area contributed by atoms with E-state index in [2.05, 4.69) is 20.6 Å². The second kappa shape index (κ2) is 9.63. The minimum absolute atomic E-state index is 0.000717. The lowest BCUT2D eigenvalue weighted by Gasteiger charge is -2.12. The molecular formula is C23H18F3N5O4. The summed E-state index contributed by atoms with van der Waals surface area (Å²) >= 11 is 0. The quantitative estimate of drug-likeness (QED) is 0.346. The van der Waals surface area contributed by atoms with Gasteiger partial charge >= 0.3 is 12.1 Å². The first-order valence-electron chi connectivity index (χ1n) is 10.1. The highest BCUT2D eigenvalue weighted by Gasteiger charge is 2.31. The second-order valence-corrected chi connectivity index (χ2v) is 7.25. The highest BCUT2D eigenvalue weighted by molar-refractivity contribution is 5.94. The molecule has 35 heavy (non-hydrogen) atoms. The van der Waals surface area contributed by atoms with Crippen LogP contribution in [0.25, 0.3) is 5.69 Å². The van der Waals surface area contributed by atoms with E-state index < -0.39 is 23.7 Å². The normalized spacial score (nSPS) is 11.2. The van der Waals surface area contributed by atoms with Crippen LogP contribution in [0.2, 0.25) is 0 Å². The number of imidazole rings is 1. The maximum absolute atomic E-state index is 12.9. The van der Waals surface area contributed by atoms with Gasteiger partial charge in [-0.05, 0) is 42.5 Å². The molecule has 0 bridgehead atoms. The Labute approximate surface area is 196 Å². The minimum Gasteiger partial charge on any atom is -0.493 e. The smallest absolute Gasteiger partial charge is 0.493 e. The number of anilines is 1. The zero-order chi connectivity index (χ0) is 25.0. The fourth-order valence-corrected chi connectivity index (χ4v) is 3.27.